The van der Waals surface area contributed by atoms with E-state index in [1.165, 1.54) is 37.9 Å². The normalized spacial score (nSPS) is 18.0. The number of piperidine rings is 1. The molecule has 1 aromatic rings. The lowest BCUT2D eigenvalue weighted by Gasteiger charge is -2.27. The van der Waals surface area contributed by atoms with Crippen molar-refractivity contribution in [3.05, 3.63) is 29.8 Å². The Bertz CT molecular complexity index is 501. The van der Waals surface area contributed by atoms with Crippen molar-refractivity contribution in [3.63, 3.8) is 0 Å². The van der Waals surface area contributed by atoms with Crippen molar-refractivity contribution in [2.24, 2.45) is 11.1 Å². The van der Waals surface area contributed by atoms with Crippen LogP contribution in [-0.4, -0.2) is 29.9 Å². The van der Waals surface area contributed by atoms with E-state index >= 15 is 0 Å². The van der Waals surface area contributed by atoms with Crippen molar-refractivity contribution in [1.29, 1.82) is 0 Å². The van der Waals surface area contributed by atoms with Crippen molar-refractivity contribution in [3.8, 4) is 0 Å². The molecule has 3 N–H and O–H groups in total. The molecular weight excluding hydrogens is 274 g/mol. The van der Waals surface area contributed by atoms with Crippen LogP contribution in [0.5, 0.6) is 0 Å². The minimum absolute atomic E-state index is 0.123. The van der Waals surface area contributed by atoms with Gasteiger partial charge in [-0.2, -0.15) is 0 Å². The van der Waals surface area contributed by atoms with Crippen LogP contribution in [0, 0.1) is 5.41 Å². The summed E-state index contributed by atoms with van der Waals surface area (Å²) in [5.41, 5.74) is 7.84. The number of anilines is 1. The second-order valence-electron chi connectivity index (χ2n) is 7.37. The van der Waals surface area contributed by atoms with Gasteiger partial charge < -0.3 is 11.1 Å². The summed E-state index contributed by atoms with van der Waals surface area (Å²) in [6, 6.07) is 7.58. The van der Waals surface area contributed by atoms with Gasteiger partial charge in [0.1, 0.15) is 0 Å². The molecular formula is C18H29N3O. The molecule has 0 unspecified atom stereocenters. The average Bonchev–Trinajstić information content (AvgIpc) is 2.47. The maximum absolute atomic E-state index is 12.2. The fourth-order valence-corrected chi connectivity index (χ4v) is 2.74. The van der Waals surface area contributed by atoms with Crippen LogP contribution in [0.2, 0.25) is 0 Å². The van der Waals surface area contributed by atoms with Gasteiger partial charge in [-0.3, -0.25) is 9.69 Å². The van der Waals surface area contributed by atoms with Crippen molar-refractivity contribution in [2.75, 3.05) is 18.4 Å². The average molecular weight is 303 g/mol. The van der Waals surface area contributed by atoms with Crippen molar-refractivity contribution >= 4 is 11.6 Å². The van der Waals surface area contributed by atoms with Gasteiger partial charge in [-0.15, -0.1) is 0 Å². The third kappa shape index (κ3) is 4.82. The molecule has 4 heteroatoms. The van der Waals surface area contributed by atoms with E-state index in [1.807, 2.05) is 32.9 Å². The van der Waals surface area contributed by atoms with Crippen molar-refractivity contribution in [1.82, 2.24) is 4.90 Å². The van der Waals surface area contributed by atoms with Gasteiger partial charge in [-0.25, -0.2) is 0 Å². The van der Waals surface area contributed by atoms with E-state index < -0.39 is 6.04 Å². The molecule has 0 aromatic heterocycles. The molecule has 1 aliphatic rings. The molecule has 0 saturated carbocycles. The Morgan fingerprint density at radius 3 is 2.59 bits per heavy atom. The van der Waals surface area contributed by atoms with Crippen LogP contribution in [0.25, 0.3) is 0 Å². The summed E-state index contributed by atoms with van der Waals surface area (Å²) in [5.74, 6) is -0.123. The van der Waals surface area contributed by atoms with Crippen molar-refractivity contribution < 1.29 is 4.79 Å². The topological polar surface area (TPSA) is 58.4 Å². The number of rotatable bonds is 4. The van der Waals surface area contributed by atoms with E-state index in [0.29, 0.717) is 0 Å². The minimum Gasteiger partial charge on any atom is -0.325 e. The van der Waals surface area contributed by atoms with Crippen LogP contribution < -0.4 is 11.1 Å². The van der Waals surface area contributed by atoms with Crippen molar-refractivity contribution in [2.45, 2.75) is 52.6 Å². The third-order valence-electron chi connectivity index (χ3n) is 4.26. The zero-order valence-corrected chi connectivity index (χ0v) is 14.1. The summed E-state index contributed by atoms with van der Waals surface area (Å²) in [4.78, 5) is 14.7. The summed E-state index contributed by atoms with van der Waals surface area (Å²) in [6.07, 6.45) is 3.92. The Balaban J connectivity index is 1.97. The molecule has 1 amide bonds. The number of hydrogen-bond acceptors (Lipinski definition) is 3. The first kappa shape index (κ1) is 17.0. The standard InChI is InChI=1S/C18H29N3O/c1-18(2,3)16(19)17(22)20-15-9-7-8-14(12-15)13-21-10-5-4-6-11-21/h7-9,12,16H,4-6,10-11,13,19H2,1-3H3,(H,20,22)/t16-/m1/s1. The van der Waals surface area contributed by atoms with Gasteiger partial charge in [-0.1, -0.05) is 39.3 Å². The summed E-state index contributed by atoms with van der Waals surface area (Å²) in [5, 5.41) is 2.94. The molecule has 1 heterocycles. The number of nitrogens with two attached hydrogens (primary N) is 1. The predicted molar refractivity (Wildman–Crippen MR) is 91.6 cm³/mol. The molecule has 1 saturated heterocycles. The summed E-state index contributed by atoms with van der Waals surface area (Å²) < 4.78 is 0. The maximum atomic E-state index is 12.2. The second kappa shape index (κ2) is 7.25. The monoisotopic (exact) mass is 303 g/mol. The molecule has 4 nitrogen and oxygen atoms in total. The van der Waals surface area contributed by atoms with Gasteiger partial charge >= 0.3 is 0 Å². The molecule has 0 radical (unpaired) electrons. The van der Waals surface area contributed by atoms with Crippen LogP contribution in [0.1, 0.15) is 45.6 Å². The molecule has 1 aromatic carbocycles. The largest absolute Gasteiger partial charge is 0.325 e. The number of nitrogens with one attached hydrogen (secondary N) is 1. The Kier molecular flexibility index (Phi) is 5.59. The van der Waals surface area contributed by atoms with Crippen LogP contribution in [0.15, 0.2) is 24.3 Å². The first-order valence-electron chi connectivity index (χ1n) is 8.24. The first-order chi connectivity index (χ1) is 10.4. The molecule has 22 heavy (non-hydrogen) atoms. The molecule has 1 atom stereocenters. The Morgan fingerprint density at radius 2 is 1.95 bits per heavy atom. The summed E-state index contributed by atoms with van der Waals surface area (Å²) in [6.45, 7) is 9.23. The zero-order valence-electron chi connectivity index (χ0n) is 14.1. The number of amides is 1. The lowest BCUT2D eigenvalue weighted by molar-refractivity contribution is -0.119. The van der Waals surface area contributed by atoms with Gasteiger partial charge in [0, 0.05) is 12.2 Å². The molecule has 2 rings (SSSR count). The SMILES string of the molecule is CC(C)(C)[C@H](N)C(=O)Nc1cccc(CN2CCCCC2)c1. The van der Waals surface area contributed by atoms with E-state index in [4.69, 9.17) is 5.73 Å². The number of nitrogens with zero attached hydrogens (tertiary/aromatic N) is 1. The van der Waals surface area contributed by atoms with E-state index in [9.17, 15) is 4.79 Å². The Morgan fingerprint density at radius 1 is 1.27 bits per heavy atom. The fraction of sp³-hybridized carbons (Fsp3) is 0.611. The van der Waals surface area contributed by atoms with Gasteiger partial charge in [-0.05, 0) is 49.0 Å². The summed E-state index contributed by atoms with van der Waals surface area (Å²) >= 11 is 0. The molecule has 122 valence electrons. The molecule has 0 aliphatic carbocycles. The van der Waals surface area contributed by atoms with E-state index in [0.717, 1.165) is 12.2 Å². The highest BCUT2D eigenvalue weighted by molar-refractivity contribution is 5.95. The lowest BCUT2D eigenvalue weighted by Crippen LogP contribution is -2.45. The highest BCUT2D eigenvalue weighted by Crippen LogP contribution is 2.20. The van der Waals surface area contributed by atoms with E-state index in [2.05, 4.69) is 22.3 Å². The van der Waals surface area contributed by atoms with Gasteiger partial charge in [0.15, 0.2) is 0 Å². The van der Waals surface area contributed by atoms with Crippen LogP contribution in [0.4, 0.5) is 5.69 Å². The molecule has 0 bridgehead atoms. The number of likely N-dealkylation sites (tertiary alicyclic amines) is 1. The molecule has 1 aliphatic heterocycles. The quantitative estimate of drug-likeness (QED) is 0.899. The summed E-state index contributed by atoms with van der Waals surface area (Å²) in [7, 11) is 0. The van der Waals surface area contributed by atoms with Gasteiger partial charge in [0.2, 0.25) is 5.91 Å². The molecule has 1 fully saturated rings. The second-order valence-corrected chi connectivity index (χ2v) is 7.37. The highest BCUT2D eigenvalue weighted by Gasteiger charge is 2.27. The fourth-order valence-electron chi connectivity index (χ4n) is 2.74. The number of carbonyl (C=O) groups excluding carboxylic acids is 1. The number of hydrogen-bond donors (Lipinski definition) is 2. The Hall–Kier alpha value is -1.39. The van der Waals surface area contributed by atoms with Crippen LogP contribution >= 0.6 is 0 Å². The van der Waals surface area contributed by atoms with Crippen LogP contribution in [0.3, 0.4) is 0 Å². The van der Waals surface area contributed by atoms with E-state index in [-0.39, 0.29) is 11.3 Å². The number of benzene rings is 1. The third-order valence-corrected chi connectivity index (χ3v) is 4.26. The van der Waals surface area contributed by atoms with Crippen LogP contribution in [-0.2, 0) is 11.3 Å². The molecule has 0 spiro atoms. The smallest absolute Gasteiger partial charge is 0.241 e. The zero-order chi connectivity index (χ0) is 16.2. The lowest BCUT2D eigenvalue weighted by atomic mass is 9.87. The first-order valence-corrected chi connectivity index (χ1v) is 8.24. The Labute approximate surface area is 134 Å². The van der Waals surface area contributed by atoms with Gasteiger partial charge in [0.05, 0.1) is 6.04 Å². The number of carbonyl (C=O) groups is 1. The van der Waals surface area contributed by atoms with E-state index in [1.54, 1.807) is 0 Å². The highest BCUT2D eigenvalue weighted by atomic mass is 16.2. The van der Waals surface area contributed by atoms with Gasteiger partial charge in [0.25, 0.3) is 0 Å². The minimum atomic E-state index is -0.516. The predicted octanol–water partition coefficient (Wildman–Crippen LogP) is 2.98. The maximum Gasteiger partial charge on any atom is 0.241 e.